The molecule has 1 aliphatic rings. The number of thiazole rings is 1. The summed E-state index contributed by atoms with van der Waals surface area (Å²) in [5.41, 5.74) is 1.07. The number of aryl methyl sites for hydroxylation is 1. The number of carbonyl (C=O) groups excluding carboxylic acids is 1. The Labute approximate surface area is 161 Å². The number of likely N-dealkylation sites (tertiary alicyclic amines) is 1. The lowest BCUT2D eigenvalue weighted by atomic mass is 10.2. The molecule has 0 bridgehead atoms. The molecule has 1 N–H and O–H groups in total. The molecule has 1 saturated heterocycles. The highest BCUT2D eigenvalue weighted by molar-refractivity contribution is 7.09. The molecule has 1 aromatic heterocycles. The molecule has 8 heteroatoms. The molecule has 0 saturated carbocycles. The van der Waals surface area contributed by atoms with Crippen molar-refractivity contribution in [1.82, 2.24) is 25.0 Å². The van der Waals surface area contributed by atoms with E-state index in [1.807, 2.05) is 28.1 Å². The lowest BCUT2D eigenvalue weighted by molar-refractivity contribution is -0.133. The quantitative estimate of drug-likeness (QED) is 0.440. The van der Waals surface area contributed by atoms with Gasteiger partial charge in [-0.15, -0.1) is 11.3 Å². The van der Waals surface area contributed by atoms with E-state index in [-0.39, 0.29) is 11.9 Å². The van der Waals surface area contributed by atoms with Crippen LogP contribution in [-0.2, 0) is 11.3 Å². The van der Waals surface area contributed by atoms with E-state index in [0.717, 1.165) is 62.1 Å². The van der Waals surface area contributed by atoms with Crippen LogP contribution in [0, 0.1) is 6.92 Å². The van der Waals surface area contributed by atoms with Gasteiger partial charge in [0, 0.05) is 46.7 Å². The zero-order valence-electron chi connectivity index (χ0n) is 16.7. The second-order valence-corrected chi connectivity index (χ2v) is 8.03. The molecule has 146 valence electrons. The number of aliphatic imine (C=N–C) groups is 1. The van der Waals surface area contributed by atoms with Gasteiger partial charge in [0.05, 0.1) is 23.3 Å². The third-order valence-electron chi connectivity index (χ3n) is 4.63. The molecular formula is C18H32N6OS. The Hall–Kier alpha value is -1.67. The molecule has 2 rings (SSSR count). The molecule has 1 fully saturated rings. The summed E-state index contributed by atoms with van der Waals surface area (Å²) >= 11 is 1.67. The molecule has 1 unspecified atom stereocenters. The van der Waals surface area contributed by atoms with Crippen molar-refractivity contribution in [2.24, 2.45) is 4.99 Å². The monoisotopic (exact) mass is 380 g/mol. The highest BCUT2D eigenvalue weighted by atomic mass is 32.1. The van der Waals surface area contributed by atoms with E-state index < -0.39 is 0 Å². The van der Waals surface area contributed by atoms with E-state index in [4.69, 9.17) is 0 Å². The molecule has 0 aliphatic carbocycles. The highest BCUT2D eigenvalue weighted by Gasteiger charge is 2.30. The summed E-state index contributed by atoms with van der Waals surface area (Å²) in [6, 6.07) is 0.0555. The highest BCUT2D eigenvalue weighted by Crippen LogP contribution is 2.18. The van der Waals surface area contributed by atoms with Crippen molar-refractivity contribution in [3.8, 4) is 0 Å². The molecule has 1 amide bonds. The summed E-state index contributed by atoms with van der Waals surface area (Å²) in [7, 11) is 7.50. The predicted molar refractivity (Wildman–Crippen MR) is 108 cm³/mol. The number of hydrogen-bond donors (Lipinski definition) is 1. The van der Waals surface area contributed by atoms with Gasteiger partial charge in [-0.3, -0.25) is 14.7 Å². The zero-order valence-corrected chi connectivity index (χ0v) is 17.5. The maximum atomic E-state index is 12.2. The summed E-state index contributed by atoms with van der Waals surface area (Å²) in [5, 5.41) is 6.60. The first-order valence-corrected chi connectivity index (χ1v) is 10.1. The fourth-order valence-electron chi connectivity index (χ4n) is 3.34. The van der Waals surface area contributed by atoms with E-state index >= 15 is 0 Å². The number of aromatic nitrogens is 1. The number of hydrogen-bond acceptors (Lipinski definition) is 5. The fraction of sp³-hybridized carbons (Fsp3) is 0.722. The van der Waals surface area contributed by atoms with Crippen LogP contribution in [0.25, 0.3) is 0 Å². The molecule has 1 aliphatic heterocycles. The molecule has 1 atom stereocenters. The Bertz CT molecular complexity index is 615. The van der Waals surface area contributed by atoms with E-state index in [1.54, 1.807) is 23.3 Å². The number of guanidine groups is 1. The molecule has 0 aromatic carbocycles. The molecule has 26 heavy (non-hydrogen) atoms. The van der Waals surface area contributed by atoms with Gasteiger partial charge >= 0.3 is 0 Å². The number of carbonyl (C=O) groups is 1. The van der Waals surface area contributed by atoms with E-state index in [1.165, 1.54) is 0 Å². The SMILES string of the molecule is CN=C(NCCCN1CCCC1C(=O)N(C)C)N(C)Cc1csc(C)n1. The summed E-state index contributed by atoms with van der Waals surface area (Å²) in [4.78, 5) is 27.2. The van der Waals surface area contributed by atoms with Crippen LogP contribution in [0.2, 0.25) is 0 Å². The van der Waals surface area contributed by atoms with Gasteiger partial charge in [0.15, 0.2) is 5.96 Å². The minimum atomic E-state index is 0.0555. The van der Waals surface area contributed by atoms with Crippen LogP contribution in [0.1, 0.15) is 30.0 Å². The Balaban J connectivity index is 1.74. The van der Waals surface area contributed by atoms with Gasteiger partial charge in [-0.2, -0.15) is 0 Å². The van der Waals surface area contributed by atoms with Crippen LogP contribution in [0.3, 0.4) is 0 Å². The zero-order chi connectivity index (χ0) is 19.1. The summed E-state index contributed by atoms with van der Waals surface area (Å²) in [6.07, 6.45) is 3.07. The summed E-state index contributed by atoms with van der Waals surface area (Å²) < 4.78 is 0. The lowest BCUT2D eigenvalue weighted by Crippen LogP contribution is -2.44. The van der Waals surface area contributed by atoms with Crippen molar-refractivity contribution >= 4 is 23.2 Å². The topological polar surface area (TPSA) is 64.1 Å². The van der Waals surface area contributed by atoms with Gasteiger partial charge in [0.2, 0.25) is 5.91 Å². The first-order valence-electron chi connectivity index (χ1n) is 9.20. The molecule has 2 heterocycles. The standard InChI is InChI=1S/C18H32N6OS/c1-14-21-15(13-26-14)12-23(5)18(19-2)20-9-7-11-24-10-6-8-16(24)17(25)22(3)4/h13,16H,6-12H2,1-5H3,(H,19,20). The lowest BCUT2D eigenvalue weighted by Gasteiger charge is -2.26. The summed E-state index contributed by atoms with van der Waals surface area (Å²) in [6.45, 7) is 5.56. The van der Waals surface area contributed by atoms with Gasteiger partial charge in [-0.05, 0) is 32.7 Å². The summed E-state index contributed by atoms with van der Waals surface area (Å²) in [5.74, 6) is 1.10. The van der Waals surface area contributed by atoms with E-state index in [9.17, 15) is 4.79 Å². The van der Waals surface area contributed by atoms with Gasteiger partial charge in [-0.1, -0.05) is 0 Å². The van der Waals surface area contributed by atoms with Crippen LogP contribution >= 0.6 is 11.3 Å². The van der Waals surface area contributed by atoms with E-state index in [2.05, 4.69) is 30.5 Å². The average molecular weight is 381 g/mol. The number of nitrogens with one attached hydrogen (secondary N) is 1. The van der Waals surface area contributed by atoms with Crippen molar-refractivity contribution in [2.75, 3.05) is 47.8 Å². The first-order chi connectivity index (χ1) is 12.4. The molecule has 0 radical (unpaired) electrons. The van der Waals surface area contributed by atoms with Crippen molar-refractivity contribution < 1.29 is 4.79 Å². The van der Waals surface area contributed by atoms with Gasteiger partial charge in [0.1, 0.15) is 0 Å². The second-order valence-electron chi connectivity index (χ2n) is 6.97. The smallest absolute Gasteiger partial charge is 0.239 e. The van der Waals surface area contributed by atoms with Crippen LogP contribution in [-0.4, -0.2) is 85.4 Å². The molecule has 7 nitrogen and oxygen atoms in total. The largest absolute Gasteiger partial charge is 0.356 e. The minimum Gasteiger partial charge on any atom is -0.356 e. The number of rotatable bonds is 7. The van der Waals surface area contributed by atoms with Crippen molar-refractivity contribution in [3.63, 3.8) is 0 Å². The third-order valence-corrected chi connectivity index (χ3v) is 5.46. The van der Waals surface area contributed by atoms with Crippen molar-refractivity contribution in [2.45, 2.75) is 38.8 Å². The van der Waals surface area contributed by atoms with E-state index in [0.29, 0.717) is 0 Å². The maximum Gasteiger partial charge on any atom is 0.239 e. The van der Waals surface area contributed by atoms with Crippen LogP contribution in [0.5, 0.6) is 0 Å². The Morgan fingerprint density at radius 1 is 1.46 bits per heavy atom. The minimum absolute atomic E-state index is 0.0555. The Morgan fingerprint density at radius 2 is 2.23 bits per heavy atom. The second kappa shape index (κ2) is 9.87. The van der Waals surface area contributed by atoms with Gasteiger partial charge < -0.3 is 15.1 Å². The Kier molecular flexibility index (Phi) is 7.84. The normalized spacial score (nSPS) is 18.2. The van der Waals surface area contributed by atoms with Crippen LogP contribution in [0.4, 0.5) is 0 Å². The predicted octanol–water partition coefficient (Wildman–Crippen LogP) is 1.40. The number of amides is 1. The molecule has 1 aromatic rings. The van der Waals surface area contributed by atoms with Gasteiger partial charge in [0.25, 0.3) is 0 Å². The van der Waals surface area contributed by atoms with Crippen LogP contribution in [0.15, 0.2) is 10.4 Å². The Morgan fingerprint density at radius 3 is 2.85 bits per heavy atom. The molecular weight excluding hydrogens is 348 g/mol. The van der Waals surface area contributed by atoms with Crippen molar-refractivity contribution in [3.05, 3.63) is 16.1 Å². The maximum absolute atomic E-state index is 12.2. The fourth-order valence-corrected chi connectivity index (χ4v) is 3.94. The number of nitrogens with zero attached hydrogens (tertiary/aromatic N) is 5. The molecule has 0 spiro atoms. The number of likely N-dealkylation sites (N-methyl/N-ethyl adjacent to an activating group) is 1. The van der Waals surface area contributed by atoms with Crippen molar-refractivity contribution in [1.29, 1.82) is 0 Å². The van der Waals surface area contributed by atoms with Crippen LogP contribution < -0.4 is 5.32 Å². The van der Waals surface area contributed by atoms with Gasteiger partial charge in [-0.25, -0.2) is 4.98 Å². The first kappa shape index (κ1) is 20.6. The average Bonchev–Trinajstić information content (AvgIpc) is 3.22. The third kappa shape index (κ3) is 5.67.